The Morgan fingerprint density at radius 3 is 2.04 bits per heavy atom. The van der Waals surface area contributed by atoms with Crippen LogP contribution in [0.1, 0.15) is 12.8 Å². The first-order valence-electron chi connectivity index (χ1n) is 7.96. The Labute approximate surface area is 152 Å². The number of hydrazine groups is 1. The van der Waals surface area contributed by atoms with E-state index in [2.05, 4.69) is 5.43 Å². The molecule has 0 amide bonds. The molecule has 0 aromatic heterocycles. The SMILES string of the molecule is O=S1(=O)CC[C@H](NN([C@H]2CCS(=O)(=O)C2)S(=O)(=O)c2ccc(F)cc2)C1. The fourth-order valence-electron chi connectivity index (χ4n) is 3.13. The molecule has 12 heteroatoms. The van der Waals surface area contributed by atoms with Crippen molar-refractivity contribution in [2.24, 2.45) is 0 Å². The molecule has 0 bridgehead atoms. The quantitative estimate of drug-likeness (QED) is 0.642. The van der Waals surface area contributed by atoms with Gasteiger partial charge in [-0.25, -0.2) is 35.1 Å². The van der Waals surface area contributed by atoms with Gasteiger partial charge in [-0.1, -0.05) is 0 Å². The lowest BCUT2D eigenvalue weighted by atomic mass is 10.2. The predicted molar refractivity (Wildman–Crippen MR) is 92.7 cm³/mol. The number of rotatable bonds is 5. The lowest BCUT2D eigenvalue weighted by molar-refractivity contribution is 0.229. The van der Waals surface area contributed by atoms with Gasteiger partial charge in [-0.05, 0) is 37.1 Å². The van der Waals surface area contributed by atoms with Crippen LogP contribution in [0.4, 0.5) is 4.39 Å². The highest BCUT2D eigenvalue weighted by molar-refractivity contribution is 7.92. The Hall–Kier alpha value is -1.08. The molecular weight excluding hydrogens is 407 g/mol. The van der Waals surface area contributed by atoms with E-state index >= 15 is 0 Å². The first kappa shape index (κ1) is 19.7. The van der Waals surface area contributed by atoms with Crippen LogP contribution < -0.4 is 5.43 Å². The van der Waals surface area contributed by atoms with Crippen LogP contribution in [0.25, 0.3) is 0 Å². The maximum Gasteiger partial charge on any atom is 0.256 e. The topological polar surface area (TPSA) is 118 Å². The van der Waals surface area contributed by atoms with E-state index in [4.69, 9.17) is 0 Å². The van der Waals surface area contributed by atoms with Crippen molar-refractivity contribution >= 4 is 29.7 Å². The molecule has 2 aliphatic rings. The summed E-state index contributed by atoms with van der Waals surface area (Å²) in [6.07, 6.45) is 0.340. The normalized spacial score (nSPS) is 27.8. The monoisotopic (exact) mass is 426 g/mol. The van der Waals surface area contributed by atoms with Gasteiger partial charge >= 0.3 is 0 Å². The average Bonchev–Trinajstić information content (AvgIpc) is 3.06. The Morgan fingerprint density at radius 1 is 0.962 bits per heavy atom. The van der Waals surface area contributed by atoms with Crippen LogP contribution in [0.15, 0.2) is 29.2 Å². The molecule has 2 fully saturated rings. The van der Waals surface area contributed by atoms with Gasteiger partial charge in [-0.3, -0.25) is 0 Å². The minimum absolute atomic E-state index is 0.0575. The third-order valence-corrected chi connectivity index (χ3v) is 9.76. The number of hydrogen-bond acceptors (Lipinski definition) is 7. The van der Waals surface area contributed by atoms with E-state index in [1.165, 1.54) is 0 Å². The lowest BCUT2D eigenvalue weighted by Crippen LogP contribution is -2.54. The zero-order valence-electron chi connectivity index (χ0n) is 13.7. The first-order chi connectivity index (χ1) is 12.0. The summed E-state index contributed by atoms with van der Waals surface area (Å²) >= 11 is 0. The van der Waals surface area contributed by atoms with Gasteiger partial charge in [0.2, 0.25) is 0 Å². The van der Waals surface area contributed by atoms with E-state index in [9.17, 15) is 29.6 Å². The zero-order valence-corrected chi connectivity index (χ0v) is 16.2. The third kappa shape index (κ3) is 4.25. The summed E-state index contributed by atoms with van der Waals surface area (Å²) in [6.45, 7) is 0. The second-order valence-corrected chi connectivity index (χ2v) is 12.8. The van der Waals surface area contributed by atoms with E-state index in [0.29, 0.717) is 0 Å². The highest BCUT2D eigenvalue weighted by atomic mass is 32.2. The van der Waals surface area contributed by atoms with Gasteiger partial charge in [-0.15, -0.1) is 4.41 Å². The third-order valence-electron chi connectivity index (χ3n) is 4.45. The van der Waals surface area contributed by atoms with Crippen LogP contribution in [0, 0.1) is 5.82 Å². The van der Waals surface area contributed by atoms with Crippen molar-refractivity contribution in [3.8, 4) is 0 Å². The van der Waals surface area contributed by atoms with Gasteiger partial charge in [0.25, 0.3) is 10.0 Å². The van der Waals surface area contributed by atoms with Gasteiger partial charge in [0.15, 0.2) is 19.7 Å². The Kier molecular flexibility index (Phi) is 5.16. The maximum atomic E-state index is 13.1. The molecule has 2 heterocycles. The smallest absolute Gasteiger partial charge is 0.237 e. The molecule has 8 nitrogen and oxygen atoms in total. The van der Waals surface area contributed by atoms with Crippen LogP contribution in [0.3, 0.4) is 0 Å². The van der Waals surface area contributed by atoms with E-state index in [1.807, 2.05) is 0 Å². The van der Waals surface area contributed by atoms with Crippen molar-refractivity contribution in [1.29, 1.82) is 0 Å². The summed E-state index contributed by atoms with van der Waals surface area (Å²) in [4.78, 5) is -0.198. The second kappa shape index (κ2) is 6.82. The molecule has 26 heavy (non-hydrogen) atoms. The van der Waals surface area contributed by atoms with Crippen LogP contribution in [0.2, 0.25) is 0 Å². The number of hydrogen-bond donors (Lipinski definition) is 1. The lowest BCUT2D eigenvalue weighted by Gasteiger charge is -2.30. The molecule has 0 saturated carbocycles. The number of benzene rings is 1. The predicted octanol–water partition coefficient (Wildman–Crippen LogP) is -0.305. The highest BCUT2D eigenvalue weighted by Crippen LogP contribution is 2.25. The second-order valence-electron chi connectivity index (χ2n) is 6.54. The van der Waals surface area contributed by atoms with Crippen molar-refractivity contribution in [3.05, 3.63) is 30.1 Å². The number of nitrogens with zero attached hydrogens (tertiary/aromatic N) is 1. The van der Waals surface area contributed by atoms with Crippen molar-refractivity contribution in [2.45, 2.75) is 29.8 Å². The molecule has 2 saturated heterocycles. The molecule has 0 radical (unpaired) electrons. The molecule has 146 valence electrons. The van der Waals surface area contributed by atoms with Crippen LogP contribution >= 0.6 is 0 Å². The fraction of sp³-hybridized carbons (Fsp3) is 0.571. The summed E-state index contributed by atoms with van der Waals surface area (Å²) in [5.41, 5.74) is 2.71. The first-order valence-corrected chi connectivity index (χ1v) is 13.0. The van der Waals surface area contributed by atoms with Gasteiger partial charge in [0.05, 0.1) is 33.9 Å². The Morgan fingerprint density at radius 2 is 1.54 bits per heavy atom. The highest BCUT2D eigenvalue weighted by Gasteiger charge is 2.41. The summed E-state index contributed by atoms with van der Waals surface area (Å²) in [5.74, 6) is -1.37. The molecule has 2 atom stereocenters. The van der Waals surface area contributed by atoms with Crippen LogP contribution in [-0.4, -0.2) is 64.8 Å². The number of sulfone groups is 2. The van der Waals surface area contributed by atoms with Crippen molar-refractivity contribution in [3.63, 3.8) is 0 Å². The molecule has 1 aromatic carbocycles. The van der Waals surface area contributed by atoms with Crippen LogP contribution in [0.5, 0.6) is 0 Å². The molecule has 2 aliphatic heterocycles. The minimum Gasteiger partial charge on any atom is -0.237 e. The van der Waals surface area contributed by atoms with Crippen molar-refractivity contribution in [2.75, 3.05) is 23.0 Å². The standard InChI is InChI=1S/C14H19FN2O6S3/c15-11-1-3-14(4-2-11)26(22,23)17(13-6-8-25(20,21)10-13)16-12-5-7-24(18,19)9-12/h1-4,12-13,16H,5-10H2/t12-,13-/m0/s1. The van der Waals surface area contributed by atoms with E-state index < -0.39 is 47.6 Å². The van der Waals surface area contributed by atoms with Gasteiger partial charge in [0.1, 0.15) is 5.82 Å². The molecule has 0 unspecified atom stereocenters. The fourth-order valence-corrected chi connectivity index (χ4v) is 8.15. The van der Waals surface area contributed by atoms with Crippen molar-refractivity contribution < 1.29 is 29.6 Å². The largest absolute Gasteiger partial charge is 0.256 e. The summed E-state index contributed by atoms with van der Waals surface area (Å²) in [6, 6.07) is 2.70. The minimum atomic E-state index is -4.18. The number of halogens is 1. The van der Waals surface area contributed by atoms with E-state index in [1.54, 1.807) is 0 Å². The summed E-state index contributed by atoms with van der Waals surface area (Å²) < 4.78 is 86.9. The van der Waals surface area contributed by atoms with E-state index in [-0.39, 0.29) is 40.7 Å². The van der Waals surface area contributed by atoms with Gasteiger partial charge in [-0.2, -0.15) is 0 Å². The van der Waals surface area contributed by atoms with Crippen molar-refractivity contribution in [1.82, 2.24) is 9.84 Å². The van der Waals surface area contributed by atoms with Gasteiger partial charge in [0, 0.05) is 6.04 Å². The molecule has 1 aromatic rings. The maximum absolute atomic E-state index is 13.1. The molecule has 0 spiro atoms. The zero-order chi connectivity index (χ0) is 19.2. The number of sulfonamides is 1. The summed E-state index contributed by atoms with van der Waals surface area (Å²) in [7, 11) is -10.8. The molecule has 0 aliphatic carbocycles. The molecule has 3 rings (SSSR count). The number of nitrogens with one attached hydrogen (secondary N) is 1. The van der Waals surface area contributed by atoms with Crippen LogP contribution in [-0.2, 0) is 29.7 Å². The van der Waals surface area contributed by atoms with Gasteiger partial charge < -0.3 is 0 Å². The van der Waals surface area contributed by atoms with E-state index in [0.717, 1.165) is 28.7 Å². The summed E-state index contributed by atoms with van der Waals surface area (Å²) in [5, 5.41) is 0. The Bertz CT molecular complexity index is 990. The Balaban J connectivity index is 1.93. The molecule has 1 N–H and O–H groups in total. The molecular formula is C14H19FN2O6S3. The average molecular weight is 427 g/mol.